The van der Waals surface area contributed by atoms with E-state index < -0.39 is 11.7 Å². The van der Waals surface area contributed by atoms with Gasteiger partial charge in [-0.2, -0.15) is 13.2 Å². The molecule has 0 amide bonds. The number of nitrogens with zero attached hydrogens (tertiary/aromatic N) is 2. The molecule has 0 fully saturated rings. The van der Waals surface area contributed by atoms with Gasteiger partial charge in [0.05, 0.1) is 22.0 Å². The van der Waals surface area contributed by atoms with Crippen molar-refractivity contribution in [2.75, 3.05) is 6.79 Å². The summed E-state index contributed by atoms with van der Waals surface area (Å²) in [6, 6.07) is 6.02. The molecule has 25 heavy (non-hydrogen) atoms. The average molecular weight is 370 g/mol. The normalized spacial score (nSPS) is 13.6. The van der Waals surface area contributed by atoms with Crippen molar-refractivity contribution in [3.05, 3.63) is 46.7 Å². The number of hydrogen-bond donors (Lipinski definition) is 1. The Labute approximate surface area is 144 Å². The van der Waals surface area contributed by atoms with Gasteiger partial charge in [-0.25, -0.2) is 4.98 Å². The van der Waals surface area contributed by atoms with Crippen molar-refractivity contribution in [1.82, 2.24) is 9.38 Å². The van der Waals surface area contributed by atoms with Crippen LogP contribution in [0.4, 0.5) is 13.2 Å². The second kappa shape index (κ2) is 5.53. The van der Waals surface area contributed by atoms with Crippen molar-refractivity contribution in [3.63, 3.8) is 0 Å². The molecule has 0 bridgehead atoms. The van der Waals surface area contributed by atoms with E-state index in [0.29, 0.717) is 28.5 Å². The maximum absolute atomic E-state index is 13.1. The van der Waals surface area contributed by atoms with Gasteiger partial charge in [-0.3, -0.25) is 0 Å². The molecule has 1 aromatic carbocycles. The summed E-state index contributed by atoms with van der Waals surface area (Å²) in [5.74, 6) is 1.14. The summed E-state index contributed by atoms with van der Waals surface area (Å²) in [6.45, 7) is 0.108. The third kappa shape index (κ3) is 2.58. The molecule has 3 aromatic rings. The predicted molar refractivity (Wildman–Crippen MR) is 84.7 cm³/mol. The molecule has 0 saturated carbocycles. The van der Waals surface area contributed by atoms with E-state index in [1.807, 2.05) is 0 Å². The Bertz CT molecular complexity index is 985. The largest absolute Gasteiger partial charge is 0.454 e. The molecule has 0 aliphatic carbocycles. The van der Waals surface area contributed by atoms with Gasteiger partial charge in [0.15, 0.2) is 17.1 Å². The highest BCUT2D eigenvalue weighted by atomic mass is 35.5. The van der Waals surface area contributed by atoms with E-state index >= 15 is 0 Å². The van der Waals surface area contributed by atoms with Gasteiger partial charge in [-0.15, -0.1) is 0 Å². The highest BCUT2D eigenvalue weighted by molar-refractivity contribution is 6.33. The first-order chi connectivity index (χ1) is 11.9. The van der Waals surface area contributed by atoms with Crippen LogP contribution < -0.4 is 15.2 Å². The number of imidazole rings is 1. The Morgan fingerprint density at radius 2 is 1.96 bits per heavy atom. The van der Waals surface area contributed by atoms with Crippen LogP contribution in [0.15, 0.2) is 30.5 Å². The lowest BCUT2D eigenvalue weighted by molar-refractivity contribution is -0.137. The van der Waals surface area contributed by atoms with Crippen molar-refractivity contribution >= 4 is 17.2 Å². The van der Waals surface area contributed by atoms with Crippen LogP contribution >= 0.6 is 11.6 Å². The van der Waals surface area contributed by atoms with Crippen LogP contribution in [0.25, 0.3) is 16.9 Å². The number of halogens is 4. The molecule has 0 saturated heterocycles. The van der Waals surface area contributed by atoms with Crippen molar-refractivity contribution < 1.29 is 22.6 Å². The number of pyridine rings is 1. The molecule has 1 aliphatic rings. The van der Waals surface area contributed by atoms with Gasteiger partial charge in [-0.05, 0) is 24.3 Å². The monoisotopic (exact) mass is 369 g/mol. The summed E-state index contributed by atoms with van der Waals surface area (Å²) in [4.78, 5) is 4.39. The Hall–Kier alpha value is -2.45. The second-order valence-electron chi connectivity index (χ2n) is 5.45. The number of nitrogens with two attached hydrogens (primary N) is 1. The Kier molecular flexibility index (Phi) is 3.55. The van der Waals surface area contributed by atoms with Crippen LogP contribution in [-0.4, -0.2) is 16.2 Å². The van der Waals surface area contributed by atoms with Crippen molar-refractivity contribution in [2.24, 2.45) is 5.73 Å². The van der Waals surface area contributed by atoms with Crippen molar-refractivity contribution in [1.29, 1.82) is 0 Å². The fraction of sp³-hybridized carbons (Fsp3) is 0.188. The van der Waals surface area contributed by atoms with E-state index in [9.17, 15) is 13.2 Å². The fourth-order valence-corrected chi connectivity index (χ4v) is 3.03. The smallest absolute Gasteiger partial charge is 0.417 e. The molecular formula is C16H11ClF3N3O2. The molecular weight excluding hydrogens is 359 g/mol. The number of rotatable bonds is 2. The standard InChI is InChI=1S/C16H11ClF3N3O2/c17-10-4-9(16(18,19)20)6-23-11(5-21)14(22-15(10)23)8-1-2-12-13(3-8)25-7-24-12/h1-4,6H,5,7,21H2. The van der Waals surface area contributed by atoms with E-state index in [-0.39, 0.29) is 24.0 Å². The quantitative estimate of drug-likeness (QED) is 0.745. The van der Waals surface area contributed by atoms with Crippen molar-refractivity contribution in [3.8, 4) is 22.8 Å². The van der Waals surface area contributed by atoms with Gasteiger partial charge >= 0.3 is 6.18 Å². The zero-order valence-electron chi connectivity index (χ0n) is 12.6. The molecule has 3 heterocycles. The summed E-state index contributed by atoms with van der Waals surface area (Å²) in [6.07, 6.45) is -3.57. The van der Waals surface area contributed by atoms with E-state index in [4.69, 9.17) is 26.8 Å². The lowest BCUT2D eigenvalue weighted by Crippen LogP contribution is -2.09. The molecule has 130 valence electrons. The number of aromatic nitrogens is 2. The lowest BCUT2D eigenvalue weighted by Gasteiger charge is -2.09. The molecule has 4 rings (SSSR count). The van der Waals surface area contributed by atoms with Crippen LogP contribution in [0.3, 0.4) is 0 Å². The number of hydrogen-bond acceptors (Lipinski definition) is 4. The molecule has 1 aliphatic heterocycles. The van der Waals surface area contributed by atoms with Gasteiger partial charge in [0.1, 0.15) is 0 Å². The SMILES string of the molecule is NCc1c(-c2ccc3c(c2)OCO3)nc2c(Cl)cc(C(F)(F)F)cn12. The topological polar surface area (TPSA) is 61.8 Å². The highest BCUT2D eigenvalue weighted by Crippen LogP contribution is 2.38. The van der Waals surface area contributed by atoms with Crippen molar-refractivity contribution in [2.45, 2.75) is 12.7 Å². The third-order valence-corrected chi connectivity index (χ3v) is 4.22. The van der Waals surface area contributed by atoms with E-state index in [1.165, 1.54) is 4.40 Å². The van der Waals surface area contributed by atoms with Gasteiger partial charge in [0.25, 0.3) is 0 Å². The molecule has 0 atom stereocenters. The summed E-state index contributed by atoms with van der Waals surface area (Å²) in [5.41, 5.74) is 6.64. The summed E-state index contributed by atoms with van der Waals surface area (Å²) < 4.78 is 51.0. The Balaban J connectivity index is 1.94. The zero-order chi connectivity index (χ0) is 17.8. The number of fused-ring (bicyclic) bond motifs is 2. The van der Waals surface area contributed by atoms with Gasteiger partial charge < -0.3 is 19.6 Å². The second-order valence-corrected chi connectivity index (χ2v) is 5.85. The molecule has 0 spiro atoms. The first-order valence-corrected chi connectivity index (χ1v) is 7.64. The van der Waals surface area contributed by atoms with Crippen LogP contribution in [0, 0.1) is 0 Å². The minimum Gasteiger partial charge on any atom is -0.454 e. The molecule has 2 aromatic heterocycles. The molecule has 9 heteroatoms. The summed E-state index contributed by atoms with van der Waals surface area (Å²) in [5, 5.41) is -0.100. The molecule has 5 nitrogen and oxygen atoms in total. The zero-order valence-corrected chi connectivity index (χ0v) is 13.4. The van der Waals surface area contributed by atoms with Gasteiger partial charge in [0.2, 0.25) is 6.79 Å². The number of alkyl halides is 3. The average Bonchev–Trinajstić information content (AvgIpc) is 3.17. The number of ether oxygens (including phenoxy) is 2. The highest BCUT2D eigenvalue weighted by Gasteiger charge is 2.32. The molecule has 2 N–H and O–H groups in total. The fourth-order valence-electron chi connectivity index (χ4n) is 2.78. The van der Waals surface area contributed by atoms with Crippen LogP contribution in [0.2, 0.25) is 5.02 Å². The van der Waals surface area contributed by atoms with E-state index in [0.717, 1.165) is 12.3 Å². The maximum atomic E-state index is 13.1. The Morgan fingerprint density at radius 3 is 2.68 bits per heavy atom. The minimum atomic E-state index is -4.52. The molecule has 0 unspecified atom stereocenters. The third-order valence-electron chi connectivity index (χ3n) is 3.94. The van der Waals surface area contributed by atoms with Crippen LogP contribution in [0.5, 0.6) is 11.5 Å². The Morgan fingerprint density at radius 1 is 1.20 bits per heavy atom. The summed E-state index contributed by atoms with van der Waals surface area (Å²) in [7, 11) is 0. The van der Waals surface area contributed by atoms with Crippen LogP contribution in [0.1, 0.15) is 11.3 Å². The first-order valence-electron chi connectivity index (χ1n) is 7.26. The predicted octanol–water partition coefficient (Wildman–Crippen LogP) is 3.86. The molecule has 0 radical (unpaired) electrons. The number of benzene rings is 1. The maximum Gasteiger partial charge on any atom is 0.417 e. The van der Waals surface area contributed by atoms with E-state index in [2.05, 4.69) is 4.98 Å². The summed E-state index contributed by atoms with van der Waals surface area (Å²) >= 11 is 6.02. The first kappa shape index (κ1) is 16.0. The lowest BCUT2D eigenvalue weighted by atomic mass is 10.1. The minimum absolute atomic E-state index is 0.0113. The van der Waals surface area contributed by atoms with E-state index in [1.54, 1.807) is 18.2 Å². The van der Waals surface area contributed by atoms with Crippen LogP contribution in [-0.2, 0) is 12.7 Å². The van der Waals surface area contributed by atoms with Gasteiger partial charge in [-0.1, -0.05) is 11.6 Å². The van der Waals surface area contributed by atoms with Gasteiger partial charge in [0, 0.05) is 18.3 Å².